The highest BCUT2D eigenvalue weighted by atomic mass is 32.1. The van der Waals surface area contributed by atoms with E-state index < -0.39 is 0 Å². The first kappa shape index (κ1) is 14.0. The normalized spacial score (nSPS) is 10.9. The van der Waals surface area contributed by atoms with Gasteiger partial charge in [-0.3, -0.25) is 9.48 Å². The second-order valence-corrected chi connectivity index (χ2v) is 5.68. The van der Waals surface area contributed by atoms with Crippen molar-refractivity contribution in [3.63, 3.8) is 0 Å². The molecule has 0 spiro atoms. The molecule has 2 rings (SSSR count). The number of thiophene rings is 1. The molecule has 0 unspecified atom stereocenters. The number of carbonyl (C=O) groups is 1. The van der Waals surface area contributed by atoms with E-state index in [4.69, 9.17) is 0 Å². The number of Topliss-reactive ketones (excluding diaryl/α,β-unsaturated/α-hetero) is 1. The zero-order chi connectivity index (χ0) is 13.8. The van der Waals surface area contributed by atoms with Crippen molar-refractivity contribution in [3.05, 3.63) is 39.3 Å². The Morgan fingerprint density at radius 3 is 2.63 bits per heavy atom. The summed E-state index contributed by atoms with van der Waals surface area (Å²) < 4.78 is 1.94. The van der Waals surface area contributed by atoms with E-state index in [2.05, 4.69) is 31.9 Å². The lowest BCUT2D eigenvalue weighted by Crippen LogP contribution is -2.08. The van der Waals surface area contributed by atoms with Crippen LogP contribution in [0.5, 0.6) is 0 Å². The van der Waals surface area contributed by atoms with E-state index in [1.165, 1.54) is 4.88 Å². The third-order valence-electron chi connectivity index (χ3n) is 3.20. The molecule has 3 nitrogen and oxygen atoms in total. The van der Waals surface area contributed by atoms with Crippen molar-refractivity contribution in [3.8, 4) is 0 Å². The maximum absolute atomic E-state index is 12.3. The minimum atomic E-state index is 0.196. The summed E-state index contributed by atoms with van der Waals surface area (Å²) in [5, 5.41) is 4.48. The molecule has 0 aliphatic carbocycles. The Balaban J connectivity index is 2.16. The molecule has 0 radical (unpaired) electrons. The molecule has 19 heavy (non-hydrogen) atoms. The molecule has 0 N–H and O–H groups in total. The smallest absolute Gasteiger partial charge is 0.178 e. The van der Waals surface area contributed by atoms with E-state index >= 15 is 0 Å². The van der Waals surface area contributed by atoms with Crippen LogP contribution in [0.25, 0.3) is 0 Å². The molecule has 0 amide bonds. The van der Waals surface area contributed by atoms with Crippen LogP contribution in [0.4, 0.5) is 0 Å². The van der Waals surface area contributed by atoms with Crippen molar-refractivity contribution >= 4 is 17.1 Å². The molecular weight excluding hydrogens is 256 g/mol. The molecular formula is C15H20N2OS. The molecule has 4 heteroatoms. The quantitative estimate of drug-likeness (QED) is 0.757. The summed E-state index contributed by atoms with van der Waals surface area (Å²) in [4.78, 5) is 14.4. The summed E-state index contributed by atoms with van der Waals surface area (Å²) in [5.74, 6) is 0.196. The predicted octanol–water partition coefficient (Wildman–Crippen LogP) is 3.51. The molecule has 0 bridgehead atoms. The van der Waals surface area contributed by atoms with Crippen LogP contribution < -0.4 is 0 Å². The number of aryl methyl sites for hydroxylation is 3. The van der Waals surface area contributed by atoms with Crippen LogP contribution in [0.15, 0.2) is 18.2 Å². The van der Waals surface area contributed by atoms with Crippen LogP contribution in [-0.2, 0) is 25.8 Å². The second-order valence-electron chi connectivity index (χ2n) is 4.52. The van der Waals surface area contributed by atoms with Crippen LogP contribution in [0.1, 0.15) is 46.7 Å². The third kappa shape index (κ3) is 3.13. The first-order valence-corrected chi connectivity index (χ1v) is 7.67. The fourth-order valence-corrected chi connectivity index (χ4v) is 2.96. The van der Waals surface area contributed by atoms with Crippen molar-refractivity contribution in [1.82, 2.24) is 9.78 Å². The van der Waals surface area contributed by atoms with E-state index in [1.807, 2.05) is 16.8 Å². The van der Waals surface area contributed by atoms with E-state index in [9.17, 15) is 4.79 Å². The van der Waals surface area contributed by atoms with Gasteiger partial charge in [-0.2, -0.15) is 5.10 Å². The standard InChI is InChI=1S/C15H20N2OS/c1-4-11-9-12(17(6-3)16-11)10-14(18)15-8-7-13(5-2)19-15/h7-9H,4-6,10H2,1-3H3. The van der Waals surface area contributed by atoms with Crippen molar-refractivity contribution in [2.75, 3.05) is 0 Å². The fraction of sp³-hybridized carbons (Fsp3) is 0.467. The van der Waals surface area contributed by atoms with Gasteiger partial charge in [0.1, 0.15) is 0 Å². The fourth-order valence-electron chi connectivity index (χ4n) is 2.07. The molecule has 0 atom stereocenters. The molecule has 0 fully saturated rings. The Bertz CT molecular complexity index is 568. The minimum Gasteiger partial charge on any atom is -0.293 e. The Labute approximate surface area is 118 Å². The van der Waals surface area contributed by atoms with E-state index in [-0.39, 0.29) is 5.78 Å². The van der Waals surface area contributed by atoms with Gasteiger partial charge in [-0.15, -0.1) is 11.3 Å². The predicted molar refractivity (Wildman–Crippen MR) is 79.0 cm³/mol. The van der Waals surface area contributed by atoms with E-state index in [1.54, 1.807) is 11.3 Å². The zero-order valence-electron chi connectivity index (χ0n) is 11.8. The van der Waals surface area contributed by atoms with Crippen molar-refractivity contribution < 1.29 is 4.79 Å². The molecule has 0 saturated carbocycles. The van der Waals surface area contributed by atoms with Gasteiger partial charge in [0.2, 0.25) is 0 Å². The first-order chi connectivity index (χ1) is 9.17. The van der Waals surface area contributed by atoms with Gasteiger partial charge >= 0.3 is 0 Å². The second kappa shape index (κ2) is 6.15. The lowest BCUT2D eigenvalue weighted by atomic mass is 10.1. The highest BCUT2D eigenvalue weighted by Crippen LogP contribution is 2.19. The summed E-state index contributed by atoms with van der Waals surface area (Å²) in [6, 6.07) is 6.04. The van der Waals surface area contributed by atoms with E-state index in [0.717, 1.165) is 35.7 Å². The number of aromatic nitrogens is 2. The topological polar surface area (TPSA) is 34.9 Å². The number of ketones is 1. The highest BCUT2D eigenvalue weighted by Gasteiger charge is 2.14. The Morgan fingerprint density at radius 1 is 1.26 bits per heavy atom. The molecule has 0 aliphatic heterocycles. The van der Waals surface area contributed by atoms with Gasteiger partial charge < -0.3 is 0 Å². The number of hydrogen-bond donors (Lipinski definition) is 0. The average molecular weight is 276 g/mol. The monoisotopic (exact) mass is 276 g/mol. The number of nitrogens with zero attached hydrogens (tertiary/aromatic N) is 2. The molecule has 2 heterocycles. The lowest BCUT2D eigenvalue weighted by Gasteiger charge is -2.02. The zero-order valence-corrected chi connectivity index (χ0v) is 12.6. The minimum absolute atomic E-state index is 0.196. The SMILES string of the molecule is CCc1cc(CC(=O)c2ccc(CC)s2)n(CC)n1. The number of carbonyl (C=O) groups excluding carboxylic acids is 1. The van der Waals surface area contributed by atoms with Crippen LogP contribution in [0.2, 0.25) is 0 Å². The van der Waals surface area contributed by atoms with Gasteiger partial charge in [-0.25, -0.2) is 0 Å². The highest BCUT2D eigenvalue weighted by molar-refractivity contribution is 7.14. The maximum atomic E-state index is 12.3. The Hall–Kier alpha value is -1.42. The van der Waals surface area contributed by atoms with Gasteiger partial charge in [-0.1, -0.05) is 13.8 Å². The van der Waals surface area contributed by atoms with Gasteiger partial charge in [0.25, 0.3) is 0 Å². The van der Waals surface area contributed by atoms with E-state index in [0.29, 0.717) is 6.42 Å². The largest absolute Gasteiger partial charge is 0.293 e. The van der Waals surface area contributed by atoms with Gasteiger partial charge in [0, 0.05) is 17.1 Å². The molecule has 2 aromatic rings. The summed E-state index contributed by atoms with van der Waals surface area (Å²) >= 11 is 1.61. The van der Waals surface area contributed by atoms with Crippen LogP contribution in [-0.4, -0.2) is 15.6 Å². The van der Waals surface area contributed by atoms with Crippen molar-refractivity contribution in [2.24, 2.45) is 0 Å². The molecule has 2 aromatic heterocycles. The Kier molecular flexibility index (Phi) is 4.53. The van der Waals surface area contributed by atoms with Crippen molar-refractivity contribution in [1.29, 1.82) is 0 Å². The molecule has 0 aromatic carbocycles. The van der Waals surface area contributed by atoms with Crippen LogP contribution in [0, 0.1) is 0 Å². The van der Waals surface area contributed by atoms with Crippen LogP contribution in [0.3, 0.4) is 0 Å². The van der Waals surface area contributed by atoms with Gasteiger partial charge in [0.15, 0.2) is 5.78 Å². The molecule has 102 valence electrons. The van der Waals surface area contributed by atoms with Crippen molar-refractivity contribution in [2.45, 2.75) is 46.6 Å². The Morgan fingerprint density at radius 2 is 2.05 bits per heavy atom. The lowest BCUT2D eigenvalue weighted by molar-refractivity contribution is 0.0994. The maximum Gasteiger partial charge on any atom is 0.178 e. The summed E-state index contributed by atoms with van der Waals surface area (Å²) in [6.07, 6.45) is 2.35. The first-order valence-electron chi connectivity index (χ1n) is 6.85. The molecule has 0 aliphatic rings. The number of hydrogen-bond acceptors (Lipinski definition) is 3. The summed E-state index contributed by atoms with van der Waals surface area (Å²) in [6.45, 7) is 7.06. The summed E-state index contributed by atoms with van der Waals surface area (Å²) in [5.41, 5.74) is 2.08. The van der Waals surface area contributed by atoms with Gasteiger partial charge in [-0.05, 0) is 38.0 Å². The number of rotatable bonds is 6. The third-order valence-corrected chi connectivity index (χ3v) is 4.47. The van der Waals surface area contributed by atoms with Gasteiger partial charge in [0.05, 0.1) is 17.0 Å². The summed E-state index contributed by atoms with van der Waals surface area (Å²) in [7, 11) is 0. The molecule has 0 saturated heterocycles. The average Bonchev–Trinajstić information content (AvgIpc) is 3.04. The van der Waals surface area contributed by atoms with Crippen LogP contribution >= 0.6 is 11.3 Å².